The molecule has 1 N–H and O–H groups in total. The monoisotopic (exact) mass is 303 g/mol. The Morgan fingerprint density at radius 2 is 2.00 bits per heavy atom. The van der Waals surface area contributed by atoms with Crippen molar-refractivity contribution in [3.8, 4) is 0 Å². The van der Waals surface area contributed by atoms with Gasteiger partial charge in [0.05, 0.1) is 0 Å². The molecule has 0 aromatic carbocycles. The first kappa shape index (κ1) is 13.1. The minimum absolute atomic E-state index is 0.512. The summed E-state index contributed by atoms with van der Waals surface area (Å²) in [6.07, 6.45) is 6.98. The van der Waals surface area contributed by atoms with Crippen molar-refractivity contribution >= 4 is 22.7 Å². The van der Waals surface area contributed by atoms with Crippen LogP contribution in [-0.2, 0) is 6.42 Å². The first-order chi connectivity index (χ1) is 9.88. The molecule has 2 aromatic rings. The first-order valence-electron chi connectivity index (χ1n) is 7.70. The molecule has 2 aliphatic rings. The fourth-order valence-corrected chi connectivity index (χ4v) is 5.61. The molecule has 4 atom stereocenters. The number of hydrogen-bond acceptors (Lipinski definition) is 3. The summed E-state index contributed by atoms with van der Waals surface area (Å²) in [5, 5.41) is 8.41. The highest BCUT2D eigenvalue weighted by atomic mass is 32.1. The zero-order valence-electron chi connectivity index (χ0n) is 11.6. The molecule has 2 fully saturated rings. The third-order valence-corrected chi connectivity index (χ3v) is 6.91. The fraction of sp³-hybridized carbons (Fsp3) is 0.529. The smallest absolute Gasteiger partial charge is 0.0465 e. The van der Waals surface area contributed by atoms with E-state index < -0.39 is 0 Å². The third-order valence-electron chi connectivity index (χ3n) is 5.03. The van der Waals surface area contributed by atoms with Gasteiger partial charge in [-0.25, -0.2) is 0 Å². The first-order valence-corrected chi connectivity index (χ1v) is 9.46. The van der Waals surface area contributed by atoms with Crippen molar-refractivity contribution in [2.75, 3.05) is 0 Å². The van der Waals surface area contributed by atoms with E-state index in [0.29, 0.717) is 6.04 Å². The molecule has 0 aliphatic heterocycles. The van der Waals surface area contributed by atoms with Gasteiger partial charge in [0.15, 0.2) is 0 Å². The number of hydrogen-bond donors (Lipinski definition) is 1. The largest absolute Gasteiger partial charge is 0.306 e. The van der Waals surface area contributed by atoms with Crippen molar-refractivity contribution < 1.29 is 0 Å². The summed E-state index contributed by atoms with van der Waals surface area (Å²) in [5.74, 6) is 1.97. The van der Waals surface area contributed by atoms with Gasteiger partial charge in [-0.3, -0.25) is 0 Å². The topological polar surface area (TPSA) is 12.0 Å². The van der Waals surface area contributed by atoms with Gasteiger partial charge in [-0.1, -0.05) is 18.6 Å². The molecule has 0 radical (unpaired) electrons. The Balaban J connectivity index is 1.50. The average Bonchev–Trinajstić information content (AvgIpc) is 3.23. The van der Waals surface area contributed by atoms with Crippen LogP contribution in [0.15, 0.2) is 35.0 Å². The minimum Gasteiger partial charge on any atom is -0.306 e. The van der Waals surface area contributed by atoms with Crippen molar-refractivity contribution in [3.05, 3.63) is 44.8 Å². The van der Waals surface area contributed by atoms with Crippen molar-refractivity contribution in [3.63, 3.8) is 0 Å². The van der Waals surface area contributed by atoms with Crippen LogP contribution < -0.4 is 5.32 Å². The van der Waals surface area contributed by atoms with Crippen LogP contribution in [0.1, 0.15) is 41.5 Å². The van der Waals surface area contributed by atoms with E-state index in [-0.39, 0.29) is 0 Å². The van der Waals surface area contributed by atoms with E-state index in [2.05, 4.69) is 40.3 Å². The molecule has 1 nitrogen and oxygen atoms in total. The summed E-state index contributed by atoms with van der Waals surface area (Å²) < 4.78 is 0. The predicted octanol–water partition coefficient (Wildman–Crippen LogP) is 4.87. The Hall–Kier alpha value is -0.640. The lowest BCUT2D eigenvalue weighted by molar-refractivity contribution is 0.320. The van der Waals surface area contributed by atoms with Crippen LogP contribution in [-0.4, -0.2) is 6.04 Å². The molecule has 0 spiro atoms. The fourth-order valence-electron chi connectivity index (χ4n) is 4.07. The second kappa shape index (κ2) is 5.63. The van der Waals surface area contributed by atoms with Gasteiger partial charge in [-0.2, -0.15) is 0 Å². The summed E-state index contributed by atoms with van der Waals surface area (Å²) in [6.45, 7) is 0. The maximum Gasteiger partial charge on any atom is 0.0465 e. The van der Waals surface area contributed by atoms with Gasteiger partial charge in [-0.15, -0.1) is 22.7 Å². The molecular formula is C17H21NS2. The molecule has 3 heteroatoms. The van der Waals surface area contributed by atoms with Gasteiger partial charge in [0.1, 0.15) is 0 Å². The van der Waals surface area contributed by atoms with E-state index in [0.717, 1.165) is 24.3 Å². The van der Waals surface area contributed by atoms with Gasteiger partial charge in [-0.05, 0) is 54.0 Å². The van der Waals surface area contributed by atoms with E-state index >= 15 is 0 Å². The molecule has 2 bridgehead atoms. The van der Waals surface area contributed by atoms with Crippen molar-refractivity contribution in [1.82, 2.24) is 5.32 Å². The van der Waals surface area contributed by atoms with E-state index in [1.54, 1.807) is 0 Å². The van der Waals surface area contributed by atoms with Crippen LogP contribution in [0.2, 0.25) is 0 Å². The lowest BCUT2D eigenvalue weighted by Crippen LogP contribution is -2.37. The second-order valence-electron chi connectivity index (χ2n) is 6.30. The average molecular weight is 303 g/mol. The van der Waals surface area contributed by atoms with E-state index in [1.165, 1.54) is 35.4 Å². The Kier molecular flexibility index (Phi) is 3.67. The van der Waals surface area contributed by atoms with Crippen LogP contribution in [0, 0.1) is 11.8 Å². The van der Waals surface area contributed by atoms with Crippen molar-refractivity contribution in [1.29, 1.82) is 0 Å². The van der Waals surface area contributed by atoms with Crippen LogP contribution in [0.5, 0.6) is 0 Å². The molecule has 4 rings (SSSR count). The normalized spacial score (nSPS) is 29.9. The van der Waals surface area contributed by atoms with Crippen LogP contribution in [0.4, 0.5) is 0 Å². The molecule has 20 heavy (non-hydrogen) atoms. The second-order valence-corrected chi connectivity index (χ2v) is 8.31. The Morgan fingerprint density at radius 3 is 2.65 bits per heavy atom. The zero-order valence-corrected chi connectivity index (χ0v) is 13.3. The summed E-state index contributed by atoms with van der Waals surface area (Å²) >= 11 is 3.78. The van der Waals surface area contributed by atoms with Crippen LogP contribution >= 0.6 is 22.7 Å². The molecule has 0 amide bonds. The highest BCUT2D eigenvalue weighted by Crippen LogP contribution is 2.45. The number of fused-ring (bicyclic) bond motifs is 2. The maximum atomic E-state index is 4.01. The summed E-state index contributed by atoms with van der Waals surface area (Å²) in [7, 11) is 0. The van der Waals surface area contributed by atoms with Gasteiger partial charge in [0.25, 0.3) is 0 Å². The number of thiophene rings is 2. The van der Waals surface area contributed by atoms with E-state index in [4.69, 9.17) is 0 Å². The lowest BCUT2D eigenvalue weighted by Gasteiger charge is -2.28. The van der Waals surface area contributed by atoms with Crippen LogP contribution in [0.3, 0.4) is 0 Å². The number of rotatable bonds is 5. The molecule has 2 saturated carbocycles. The van der Waals surface area contributed by atoms with E-state index in [9.17, 15) is 0 Å². The molecule has 0 saturated heterocycles. The van der Waals surface area contributed by atoms with Crippen LogP contribution in [0.25, 0.3) is 0 Å². The maximum absolute atomic E-state index is 4.01. The standard InChI is InChI=1S/C17H21NS2/c1-3-14(19-7-1)11-16(17-4-2-8-20-17)18-15-10-12-5-6-13(15)9-12/h1-4,7-8,12-13,15-16,18H,5-6,9-11H2. The highest BCUT2D eigenvalue weighted by molar-refractivity contribution is 7.10. The Labute approximate surface area is 129 Å². The lowest BCUT2D eigenvalue weighted by atomic mass is 9.94. The Bertz CT molecular complexity index is 531. The zero-order chi connectivity index (χ0) is 13.4. The van der Waals surface area contributed by atoms with Crippen molar-refractivity contribution in [2.24, 2.45) is 11.8 Å². The Morgan fingerprint density at radius 1 is 1.10 bits per heavy atom. The van der Waals surface area contributed by atoms with Crippen molar-refractivity contribution in [2.45, 2.75) is 44.2 Å². The number of nitrogens with one attached hydrogen (secondary N) is 1. The minimum atomic E-state index is 0.512. The molecular weight excluding hydrogens is 282 g/mol. The third kappa shape index (κ3) is 2.59. The van der Waals surface area contributed by atoms with Gasteiger partial charge in [0.2, 0.25) is 0 Å². The summed E-state index contributed by atoms with van der Waals surface area (Å²) in [6, 6.07) is 10.2. The van der Waals surface area contributed by atoms with Gasteiger partial charge in [0, 0.05) is 28.3 Å². The molecule has 106 valence electrons. The molecule has 2 heterocycles. The highest BCUT2D eigenvalue weighted by Gasteiger charge is 2.40. The summed E-state index contributed by atoms with van der Waals surface area (Å²) in [4.78, 5) is 3.00. The van der Waals surface area contributed by atoms with E-state index in [1.807, 2.05) is 22.7 Å². The predicted molar refractivity (Wildman–Crippen MR) is 87.5 cm³/mol. The van der Waals surface area contributed by atoms with Gasteiger partial charge >= 0.3 is 0 Å². The SMILES string of the molecule is c1csc(CC(NC2CC3CCC2C3)c2cccs2)c1. The van der Waals surface area contributed by atoms with Gasteiger partial charge < -0.3 is 5.32 Å². The quantitative estimate of drug-likeness (QED) is 0.831. The molecule has 4 unspecified atom stereocenters. The molecule has 2 aliphatic carbocycles. The summed E-state index contributed by atoms with van der Waals surface area (Å²) in [5.41, 5.74) is 0. The molecule has 2 aromatic heterocycles.